The highest BCUT2D eigenvalue weighted by Gasteiger charge is 2.44. The van der Waals surface area contributed by atoms with Gasteiger partial charge in [0.15, 0.2) is 0 Å². The van der Waals surface area contributed by atoms with Crippen molar-refractivity contribution in [1.82, 2.24) is 4.90 Å². The van der Waals surface area contributed by atoms with Crippen LogP contribution < -0.4 is 14.7 Å². The van der Waals surface area contributed by atoms with Crippen LogP contribution >= 0.6 is 0 Å². The van der Waals surface area contributed by atoms with Crippen molar-refractivity contribution in [1.29, 1.82) is 0 Å². The molecular weight excluding hydrogens is 420 g/mol. The van der Waals surface area contributed by atoms with E-state index in [9.17, 15) is 14.7 Å². The minimum Gasteiger partial charge on any atom is -0.872 e. The maximum Gasteiger partial charge on any atom is 0.295 e. The van der Waals surface area contributed by atoms with E-state index in [1.54, 1.807) is 36.3 Å². The average molecular weight is 451 g/mol. The van der Waals surface area contributed by atoms with Crippen molar-refractivity contribution in [2.45, 2.75) is 19.4 Å². The fraction of sp³-hybridized carbons (Fsp3) is 0.385. The van der Waals surface area contributed by atoms with Crippen molar-refractivity contribution >= 4 is 17.4 Å². The summed E-state index contributed by atoms with van der Waals surface area (Å²) in [5.74, 6) is -1.12. The Hall–Kier alpha value is -3.16. The van der Waals surface area contributed by atoms with E-state index in [-0.39, 0.29) is 5.57 Å². The van der Waals surface area contributed by atoms with Gasteiger partial charge in [0.25, 0.3) is 5.91 Å². The molecule has 2 fully saturated rings. The molecule has 2 aromatic rings. The number of ether oxygens (including phenoxy) is 2. The second-order valence-corrected chi connectivity index (χ2v) is 8.41. The zero-order valence-electron chi connectivity index (χ0n) is 19.1. The third kappa shape index (κ3) is 4.79. The normalized spacial score (nSPS) is 20.9. The minimum absolute atomic E-state index is 0.0198. The number of benzene rings is 2. The van der Waals surface area contributed by atoms with Gasteiger partial charge in [0.1, 0.15) is 18.8 Å². The summed E-state index contributed by atoms with van der Waals surface area (Å²) in [6.45, 7) is 6.30. The molecule has 1 atom stereocenters. The van der Waals surface area contributed by atoms with Crippen LogP contribution in [0.4, 0.5) is 0 Å². The molecule has 174 valence electrons. The molecule has 2 heterocycles. The number of carbonyl (C=O) groups is 2. The SMILES string of the molecule is CCc1ccc(C2/C(=C(\[O-])c3ccc(OC)cc3)C(=O)C(=O)N2CC[NH+]2CCOCC2)cc1. The number of hydrogen-bond donors (Lipinski definition) is 1. The zero-order valence-corrected chi connectivity index (χ0v) is 19.1. The van der Waals surface area contributed by atoms with Crippen molar-refractivity contribution in [2.24, 2.45) is 0 Å². The standard InChI is InChI=1S/C26H30N2O5/c1-3-18-4-6-19(7-5-18)23-22(24(29)20-8-10-21(32-2)11-9-20)25(30)26(31)28(23)13-12-27-14-16-33-17-15-27/h4-11,23,29H,3,12-17H2,1-2H3/b24-22+. The maximum atomic E-state index is 13.5. The highest BCUT2D eigenvalue weighted by molar-refractivity contribution is 6.46. The molecule has 7 nitrogen and oxygen atoms in total. The van der Waals surface area contributed by atoms with Crippen LogP contribution in [0.3, 0.4) is 0 Å². The second-order valence-electron chi connectivity index (χ2n) is 8.41. The first-order chi connectivity index (χ1) is 16.0. The monoisotopic (exact) mass is 450 g/mol. The predicted octanol–water partition coefficient (Wildman–Crippen LogP) is 0.397. The summed E-state index contributed by atoms with van der Waals surface area (Å²) in [4.78, 5) is 29.1. The number of hydrogen-bond acceptors (Lipinski definition) is 5. The van der Waals surface area contributed by atoms with Crippen LogP contribution in [0.15, 0.2) is 54.1 Å². The lowest BCUT2D eigenvalue weighted by Gasteiger charge is -2.30. The Bertz CT molecular complexity index is 1020. The van der Waals surface area contributed by atoms with Crippen LogP contribution in [-0.4, -0.2) is 63.1 Å². The third-order valence-corrected chi connectivity index (χ3v) is 6.49. The van der Waals surface area contributed by atoms with Crippen molar-refractivity contribution in [2.75, 3.05) is 46.5 Å². The Balaban J connectivity index is 1.72. The van der Waals surface area contributed by atoms with E-state index in [1.807, 2.05) is 24.3 Å². The summed E-state index contributed by atoms with van der Waals surface area (Å²) in [7, 11) is 1.55. The van der Waals surface area contributed by atoms with Crippen LogP contribution in [0.1, 0.15) is 29.7 Å². The van der Waals surface area contributed by atoms with Crippen molar-refractivity contribution in [3.8, 4) is 5.75 Å². The smallest absolute Gasteiger partial charge is 0.295 e. The van der Waals surface area contributed by atoms with Gasteiger partial charge < -0.3 is 24.4 Å². The Kier molecular flexibility index (Phi) is 7.11. The number of methoxy groups -OCH3 is 1. The number of Topliss-reactive ketones (excluding diaryl/α,β-unsaturated/α-hetero) is 1. The molecule has 2 aromatic carbocycles. The lowest BCUT2D eigenvalue weighted by atomic mass is 9.94. The number of likely N-dealkylation sites (tertiary alicyclic amines) is 1. The molecule has 0 saturated carbocycles. The highest BCUT2D eigenvalue weighted by atomic mass is 16.5. The lowest BCUT2D eigenvalue weighted by Crippen LogP contribution is -3.14. The Morgan fingerprint density at radius 3 is 2.36 bits per heavy atom. The second kappa shape index (κ2) is 10.2. The predicted molar refractivity (Wildman–Crippen MR) is 122 cm³/mol. The first-order valence-corrected chi connectivity index (χ1v) is 11.4. The van der Waals surface area contributed by atoms with Gasteiger partial charge in [0.05, 0.1) is 39.5 Å². The molecule has 0 radical (unpaired) electrons. The molecule has 1 unspecified atom stereocenters. The number of carbonyl (C=O) groups excluding carboxylic acids is 2. The number of rotatable bonds is 7. The van der Waals surface area contributed by atoms with E-state index in [0.717, 1.165) is 30.6 Å². The van der Waals surface area contributed by atoms with Gasteiger partial charge in [-0.1, -0.05) is 49.1 Å². The molecule has 4 rings (SSSR count). The number of nitrogens with one attached hydrogen (secondary N) is 1. The van der Waals surface area contributed by atoms with Crippen LogP contribution in [0.25, 0.3) is 5.76 Å². The highest BCUT2D eigenvalue weighted by Crippen LogP contribution is 2.38. The largest absolute Gasteiger partial charge is 0.872 e. The zero-order chi connectivity index (χ0) is 23.4. The molecular formula is C26H30N2O5. The van der Waals surface area contributed by atoms with Gasteiger partial charge in [-0.05, 0) is 35.2 Å². The molecule has 33 heavy (non-hydrogen) atoms. The minimum atomic E-state index is -0.711. The Morgan fingerprint density at radius 2 is 1.76 bits per heavy atom. The van der Waals surface area contributed by atoms with Gasteiger partial charge in [-0.25, -0.2) is 0 Å². The molecule has 1 N–H and O–H groups in total. The van der Waals surface area contributed by atoms with Gasteiger partial charge in [0, 0.05) is 5.57 Å². The lowest BCUT2D eigenvalue weighted by molar-refractivity contribution is -0.907. The molecule has 0 bridgehead atoms. The summed E-state index contributed by atoms with van der Waals surface area (Å²) in [5, 5.41) is 13.5. The van der Waals surface area contributed by atoms with E-state index in [4.69, 9.17) is 9.47 Å². The molecule has 0 spiro atoms. The van der Waals surface area contributed by atoms with Crippen molar-refractivity contribution < 1.29 is 29.1 Å². The molecule has 7 heteroatoms. The first kappa shape index (κ1) is 23.0. The van der Waals surface area contributed by atoms with Crippen LogP contribution in [0.2, 0.25) is 0 Å². The number of morpholine rings is 1. The third-order valence-electron chi connectivity index (χ3n) is 6.49. The fourth-order valence-electron chi connectivity index (χ4n) is 4.47. The van der Waals surface area contributed by atoms with Crippen molar-refractivity contribution in [3.05, 3.63) is 70.8 Å². The summed E-state index contributed by atoms with van der Waals surface area (Å²) >= 11 is 0. The molecule has 2 aliphatic heterocycles. The maximum absolute atomic E-state index is 13.5. The summed E-state index contributed by atoms with van der Waals surface area (Å²) in [6.07, 6.45) is 0.883. The number of nitrogens with zero attached hydrogens (tertiary/aromatic N) is 1. The number of amides is 1. The molecule has 2 saturated heterocycles. The van der Waals surface area contributed by atoms with Crippen LogP contribution in [0, 0.1) is 0 Å². The fourth-order valence-corrected chi connectivity index (χ4v) is 4.47. The first-order valence-electron chi connectivity index (χ1n) is 11.4. The molecule has 1 amide bonds. The van der Waals surface area contributed by atoms with E-state index in [1.165, 1.54) is 4.90 Å². The van der Waals surface area contributed by atoms with E-state index in [0.29, 0.717) is 37.6 Å². The molecule has 0 aliphatic carbocycles. The van der Waals surface area contributed by atoms with Crippen molar-refractivity contribution in [3.63, 3.8) is 0 Å². The van der Waals surface area contributed by atoms with Gasteiger partial charge in [-0.2, -0.15) is 0 Å². The van der Waals surface area contributed by atoms with Gasteiger partial charge in [0.2, 0.25) is 5.78 Å². The Labute approximate surface area is 194 Å². The van der Waals surface area contributed by atoms with E-state index in [2.05, 4.69) is 6.92 Å². The summed E-state index contributed by atoms with van der Waals surface area (Å²) in [5.41, 5.74) is 2.32. The van der Waals surface area contributed by atoms with E-state index >= 15 is 0 Å². The number of ketones is 1. The van der Waals surface area contributed by atoms with Gasteiger partial charge in [-0.3, -0.25) is 9.59 Å². The number of aryl methyl sites for hydroxylation is 1. The summed E-state index contributed by atoms with van der Waals surface area (Å²) < 4.78 is 10.6. The molecule has 2 aliphatic rings. The Morgan fingerprint density at radius 1 is 1.09 bits per heavy atom. The van der Waals surface area contributed by atoms with Crippen LogP contribution in [0.5, 0.6) is 5.75 Å². The van der Waals surface area contributed by atoms with Gasteiger partial charge >= 0.3 is 0 Å². The topological polar surface area (TPSA) is 83.3 Å². The number of quaternary nitrogens is 1. The average Bonchev–Trinajstić information content (AvgIpc) is 3.12. The van der Waals surface area contributed by atoms with E-state index < -0.39 is 23.5 Å². The van der Waals surface area contributed by atoms with Gasteiger partial charge in [-0.15, -0.1) is 0 Å². The summed E-state index contributed by atoms with van der Waals surface area (Å²) in [6, 6.07) is 13.8. The molecule has 0 aromatic heterocycles. The van der Waals surface area contributed by atoms with Crippen LogP contribution in [-0.2, 0) is 20.7 Å². The quantitative estimate of drug-likeness (QED) is 0.375.